The van der Waals surface area contributed by atoms with Crippen molar-refractivity contribution in [3.8, 4) is 6.07 Å². The Bertz CT molecular complexity index is 952. The molecular weight excluding hydrogens is 388 g/mol. The van der Waals surface area contributed by atoms with Gasteiger partial charge in [0.1, 0.15) is 6.07 Å². The highest BCUT2D eigenvalue weighted by Gasteiger charge is 2.43. The molecule has 2 aliphatic heterocycles. The number of halogens is 2. The lowest BCUT2D eigenvalue weighted by molar-refractivity contribution is -0.128. The van der Waals surface area contributed by atoms with Gasteiger partial charge in [0.05, 0.1) is 22.9 Å². The van der Waals surface area contributed by atoms with Crippen molar-refractivity contribution >= 4 is 22.5 Å². The maximum absolute atomic E-state index is 13.8. The Kier molecular flexibility index (Phi) is 6.09. The Morgan fingerprint density at radius 3 is 2.93 bits per heavy atom. The van der Waals surface area contributed by atoms with Crippen LogP contribution in [0.1, 0.15) is 24.8 Å². The van der Waals surface area contributed by atoms with Crippen LogP contribution >= 0.6 is 0 Å². The van der Waals surface area contributed by atoms with Crippen molar-refractivity contribution in [2.75, 3.05) is 31.1 Å². The molecule has 0 spiro atoms. The molecule has 1 aromatic carbocycles. The fourth-order valence-corrected chi connectivity index (χ4v) is 4.55. The van der Waals surface area contributed by atoms with Crippen LogP contribution in [0.3, 0.4) is 0 Å². The smallest absolute Gasteiger partial charge is 0.243 e. The molecule has 3 heterocycles. The number of pyridine rings is 1. The molecule has 3 atom stereocenters. The second-order valence-electron chi connectivity index (χ2n) is 8.04. The molecule has 0 radical (unpaired) electrons. The zero-order valence-electron chi connectivity index (χ0n) is 16.7. The summed E-state index contributed by atoms with van der Waals surface area (Å²) >= 11 is 0. The molecule has 2 aliphatic rings. The number of carbonyl (C=O) groups is 1. The van der Waals surface area contributed by atoms with E-state index in [-0.39, 0.29) is 25.0 Å². The minimum atomic E-state index is -2.58. The van der Waals surface area contributed by atoms with Crippen LogP contribution in [0, 0.1) is 23.2 Å². The second-order valence-corrected chi connectivity index (χ2v) is 8.04. The van der Waals surface area contributed by atoms with Crippen molar-refractivity contribution in [3.05, 3.63) is 36.0 Å². The first-order chi connectivity index (χ1) is 14.6. The van der Waals surface area contributed by atoms with Crippen LogP contribution in [0.4, 0.5) is 14.5 Å². The van der Waals surface area contributed by atoms with Gasteiger partial charge in [0, 0.05) is 36.4 Å². The number of rotatable bonds is 4. The van der Waals surface area contributed by atoms with E-state index in [1.165, 1.54) is 0 Å². The molecule has 1 unspecified atom stereocenters. The number of amides is 1. The minimum Gasteiger partial charge on any atom is -0.370 e. The number of alkyl halides is 2. The lowest BCUT2D eigenvalue weighted by atomic mass is 9.95. The molecule has 4 rings (SSSR count). The van der Waals surface area contributed by atoms with Crippen molar-refractivity contribution in [3.63, 3.8) is 0 Å². The second kappa shape index (κ2) is 8.92. The molecule has 6 nitrogen and oxygen atoms in total. The summed E-state index contributed by atoms with van der Waals surface area (Å²) in [5.41, 5.74) is 1.72. The van der Waals surface area contributed by atoms with Gasteiger partial charge in [-0.25, -0.2) is 8.78 Å². The van der Waals surface area contributed by atoms with Crippen LogP contribution in [0.5, 0.6) is 0 Å². The van der Waals surface area contributed by atoms with E-state index in [0.29, 0.717) is 11.1 Å². The number of nitrogens with zero attached hydrogens (tertiary/aromatic N) is 3. The summed E-state index contributed by atoms with van der Waals surface area (Å²) in [6, 6.07) is 9.17. The van der Waals surface area contributed by atoms with Crippen LogP contribution in [0.2, 0.25) is 0 Å². The molecule has 0 bridgehead atoms. The highest BCUT2D eigenvalue weighted by Crippen LogP contribution is 2.36. The van der Waals surface area contributed by atoms with Gasteiger partial charge < -0.3 is 15.5 Å². The first-order valence-corrected chi connectivity index (χ1v) is 10.4. The minimum absolute atomic E-state index is 0.0276. The zero-order valence-corrected chi connectivity index (χ0v) is 16.7. The molecule has 2 N–H and O–H groups in total. The predicted molar refractivity (Wildman–Crippen MR) is 110 cm³/mol. The van der Waals surface area contributed by atoms with E-state index in [4.69, 9.17) is 0 Å². The Hall–Kier alpha value is -2.79. The number of nitriles is 1. The van der Waals surface area contributed by atoms with Gasteiger partial charge in [-0.2, -0.15) is 5.26 Å². The number of nitrogens with one attached hydrogen (secondary N) is 2. The van der Waals surface area contributed by atoms with Crippen molar-refractivity contribution < 1.29 is 13.6 Å². The van der Waals surface area contributed by atoms with E-state index < -0.39 is 18.3 Å². The van der Waals surface area contributed by atoms with Gasteiger partial charge in [-0.1, -0.05) is 0 Å². The van der Waals surface area contributed by atoms with Crippen LogP contribution < -0.4 is 15.5 Å². The molecule has 8 heteroatoms. The van der Waals surface area contributed by atoms with Gasteiger partial charge in [0.25, 0.3) is 0 Å². The van der Waals surface area contributed by atoms with E-state index in [9.17, 15) is 18.8 Å². The van der Waals surface area contributed by atoms with Crippen molar-refractivity contribution in [2.24, 2.45) is 11.8 Å². The molecule has 2 aromatic rings. The lowest BCUT2D eigenvalue weighted by Gasteiger charge is -2.22. The lowest BCUT2D eigenvalue weighted by Crippen LogP contribution is -2.42. The third kappa shape index (κ3) is 4.08. The van der Waals surface area contributed by atoms with Gasteiger partial charge in [0.2, 0.25) is 12.3 Å². The molecule has 0 saturated carbocycles. The number of fused-ring (bicyclic) bond motifs is 1. The Morgan fingerprint density at radius 2 is 2.13 bits per heavy atom. The fraction of sp³-hybridized carbons (Fsp3) is 0.500. The monoisotopic (exact) mass is 413 g/mol. The highest BCUT2D eigenvalue weighted by molar-refractivity contribution is 5.95. The summed E-state index contributed by atoms with van der Waals surface area (Å²) in [6.07, 6.45) is 1.67. The van der Waals surface area contributed by atoms with E-state index in [1.807, 2.05) is 11.0 Å². The number of benzene rings is 1. The maximum atomic E-state index is 13.8. The molecule has 158 valence electrons. The molecule has 30 heavy (non-hydrogen) atoms. The number of hydrogen-bond donors (Lipinski definition) is 2. The molecule has 0 aliphatic carbocycles. The average molecular weight is 413 g/mol. The average Bonchev–Trinajstić information content (AvgIpc) is 3.05. The SMILES string of the molecule is N#Cc1ccc(N2C[C@@H](C(=O)NC3CCCNCC3)[C@H](C(F)F)C2)c2cccnc12. The largest absolute Gasteiger partial charge is 0.370 e. The molecule has 2 saturated heterocycles. The number of aromatic nitrogens is 1. The van der Waals surface area contributed by atoms with Gasteiger partial charge in [-0.05, 0) is 56.6 Å². The Labute approximate surface area is 174 Å². The fourth-order valence-electron chi connectivity index (χ4n) is 4.55. The Balaban J connectivity index is 1.58. The third-order valence-corrected chi connectivity index (χ3v) is 6.16. The maximum Gasteiger partial charge on any atom is 0.243 e. The van der Waals surface area contributed by atoms with Gasteiger partial charge in [-0.15, -0.1) is 0 Å². The van der Waals surface area contributed by atoms with E-state index in [1.54, 1.807) is 24.4 Å². The standard InChI is InChI=1S/C22H25F2N5O/c23-21(24)17-12-29(13-18(17)22(30)28-15-3-1-8-26-10-7-15)19-6-5-14(11-25)20-16(19)4-2-9-27-20/h2,4-6,9,15,17-18,21,26H,1,3,7-8,10,12-13H2,(H,28,30)/t15?,17-,18-/m1/s1. The summed E-state index contributed by atoms with van der Waals surface area (Å²) in [5.74, 6) is -2.09. The van der Waals surface area contributed by atoms with Crippen molar-refractivity contribution in [1.29, 1.82) is 5.26 Å². The highest BCUT2D eigenvalue weighted by atomic mass is 19.3. The van der Waals surface area contributed by atoms with Crippen LogP contribution in [0.15, 0.2) is 30.5 Å². The summed E-state index contributed by atoms with van der Waals surface area (Å²) in [7, 11) is 0. The van der Waals surface area contributed by atoms with Crippen molar-refractivity contribution in [2.45, 2.75) is 31.7 Å². The van der Waals surface area contributed by atoms with E-state index >= 15 is 0 Å². The van der Waals surface area contributed by atoms with Gasteiger partial charge in [-0.3, -0.25) is 9.78 Å². The predicted octanol–water partition coefficient (Wildman–Crippen LogP) is 2.68. The Morgan fingerprint density at radius 1 is 1.27 bits per heavy atom. The molecular formula is C22H25F2N5O. The van der Waals surface area contributed by atoms with Crippen LogP contribution in [-0.2, 0) is 4.79 Å². The molecule has 2 fully saturated rings. The first kappa shape index (κ1) is 20.5. The van der Waals surface area contributed by atoms with E-state index in [2.05, 4.69) is 21.7 Å². The summed E-state index contributed by atoms with van der Waals surface area (Å²) in [4.78, 5) is 19.1. The van der Waals surface area contributed by atoms with Crippen LogP contribution in [-0.4, -0.2) is 49.5 Å². The zero-order chi connectivity index (χ0) is 21.1. The summed E-state index contributed by atoms with van der Waals surface area (Å²) in [6.45, 7) is 2.06. The van der Waals surface area contributed by atoms with Gasteiger partial charge >= 0.3 is 0 Å². The molecule has 1 amide bonds. The normalized spacial score (nSPS) is 24.6. The summed E-state index contributed by atoms with van der Waals surface area (Å²) < 4.78 is 27.7. The van der Waals surface area contributed by atoms with Crippen molar-refractivity contribution in [1.82, 2.24) is 15.6 Å². The molecule has 1 aromatic heterocycles. The topological polar surface area (TPSA) is 81.0 Å². The summed E-state index contributed by atoms with van der Waals surface area (Å²) in [5, 5.41) is 16.4. The van der Waals surface area contributed by atoms with Crippen LogP contribution in [0.25, 0.3) is 10.9 Å². The first-order valence-electron chi connectivity index (χ1n) is 10.4. The van der Waals surface area contributed by atoms with Gasteiger partial charge in [0.15, 0.2) is 0 Å². The quantitative estimate of drug-likeness (QED) is 0.806. The number of hydrogen-bond acceptors (Lipinski definition) is 5. The van der Waals surface area contributed by atoms with E-state index in [0.717, 1.165) is 43.4 Å². The number of anilines is 1. The third-order valence-electron chi connectivity index (χ3n) is 6.16. The number of carbonyl (C=O) groups excluding carboxylic acids is 1.